The highest BCUT2D eigenvalue weighted by molar-refractivity contribution is 6.21. The third-order valence-corrected chi connectivity index (χ3v) is 3.12. The molecular weight excluding hydrogens is 124 g/mol. The summed E-state index contributed by atoms with van der Waals surface area (Å²) >= 11 is 0. The van der Waals surface area contributed by atoms with Crippen LogP contribution in [0.1, 0.15) is 32.1 Å². The maximum atomic E-state index is 4.04. The van der Waals surface area contributed by atoms with Gasteiger partial charge in [0.1, 0.15) is 0 Å². The molecule has 1 heteroatoms. The van der Waals surface area contributed by atoms with Gasteiger partial charge in [0.15, 0.2) is 0 Å². The van der Waals surface area contributed by atoms with E-state index in [2.05, 4.69) is 6.58 Å². The van der Waals surface area contributed by atoms with E-state index in [1.165, 1.54) is 47.5 Å². The van der Waals surface area contributed by atoms with E-state index in [4.69, 9.17) is 0 Å². The fraction of sp³-hybridized carbons (Fsp3) is 0.750. The molecule has 1 fully saturated rings. The average Bonchev–Trinajstić information content (AvgIpc) is 1.90. The maximum Gasteiger partial charge on any atom is 0.0328 e. The minimum absolute atomic E-state index is 0.922. The normalized spacial score (nSPS) is 22.2. The second-order valence-corrected chi connectivity index (χ2v) is 4.47. The van der Waals surface area contributed by atoms with E-state index < -0.39 is 0 Å². The lowest BCUT2D eigenvalue weighted by Gasteiger charge is -2.21. The Kier molecular flexibility index (Phi) is 2.52. The summed E-state index contributed by atoms with van der Waals surface area (Å²) in [5.41, 5.74) is 0. The first-order valence-electron chi connectivity index (χ1n) is 3.96. The Hall–Kier alpha value is -0.0431. The molecule has 0 nitrogen and oxygen atoms in total. The fourth-order valence-electron chi connectivity index (χ4n) is 1.60. The molecule has 0 amide bonds. The molecule has 0 saturated heterocycles. The van der Waals surface area contributed by atoms with Crippen molar-refractivity contribution in [2.24, 2.45) is 5.92 Å². The van der Waals surface area contributed by atoms with Crippen molar-refractivity contribution in [3.8, 4) is 0 Å². The Morgan fingerprint density at radius 2 is 1.78 bits per heavy atom. The lowest BCUT2D eigenvalue weighted by atomic mass is 9.89. The van der Waals surface area contributed by atoms with Gasteiger partial charge < -0.3 is 0 Å². The molecule has 0 atom stereocenters. The maximum absolute atomic E-state index is 4.04. The number of rotatable bonds is 1. The van der Waals surface area contributed by atoms with Gasteiger partial charge in [-0.3, -0.25) is 0 Å². The lowest BCUT2D eigenvalue weighted by molar-refractivity contribution is 0.414. The van der Waals surface area contributed by atoms with E-state index in [1.54, 1.807) is 0 Å². The van der Waals surface area contributed by atoms with Crippen LogP contribution in [0.25, 0.3) is 0 Å². The summed E-state index contributed by atoms with van der Waals surface area (Å²) in [6.07, 6.45) is 7.23. The highest BCUT2D eigenvalue weighted by Crippen LogP contribution is 2.26. The second-order valence-electron chi connectivity index (χ2n) is 3.18. The molecule has 0 aromatic heterocycles. The first-order valence-corrected chi connectivity index (χ1v) is 4.96. The van der Waals surface area contributed by atoms with Crippen LogP contribution in [0.5, 0.6) is 0 Å². The Morgan fingerprint density at radius 3 is 2.11 bits per heavy atom. The second kappa shape index (κ2) is 3.21. The highest BCUT2D eigenvalue weighted by Gasteiger charge is 2.12. The van der Waals surface area contributed by atoms with E-state index in [1.807, 2.05) is 0 Å². The van der Waals surface area contributed by atoms with Crippen molar-refractivity contribution in [1.29, 1.82) is 0 Å². The van der Waals surface area contributed by atoms with Crippen LogP contribution in [0, 0.1) is 5.92 Å². The highest BCUT2D eigenvalue weighted by atomic mass is 28.1. The fourth-order valence-corrected chi connectivity index (χ4v) is 2.17. The first kappa shape index (κ1) is 7.07. The minimum Gasteiger partial charge on any atom is -0.104 e. The molecule has 0 N–H and O–H groups in total. The SMILES string of the molecule is C=C([SiH3])C1CCCCC1. The summed E-state index contributed by atoms with van der Waals surface area (Å²) in [7, 11) is 1.22. The monoisotopic (exact) mass is 140 g/mol. The van der Waals surface area contributed by atoms with Crippen molar-refractivity contribution < 1.29 is 0 Å². The number of allylic oxidation sites excluding steroid dienone is 1. The van der Waals surface area contributed by atoms with Gasteiger partial charge in [0.05, 0.1) is 0 Å². The van der Waals surface area contributed by atoms with Gasteiger partial charge in [-0.05, 0) is 18.8 Å². The van der Waals surface area contributed by atoms with Crippen molar-refractivity contribution >= 4 is 10.2 Å². The zero-order chi connectivity index (χ0) is 6.69. The van der Waals surface area contributed by atoms with Crippen LogP contribution in [0.3, 0.4) is 0 Å². The van der Waals surface area contributed by atoms with E-state index in [0.717, 1.165) is 5.92 Å². The molecule has 9 heavy (non-hydrogen) atoms. The molecule has 52 valence electrons. The van der Waals surface area contributed by atoms with Crippen molar-refractivity contribution in [3.05, 3.63) is 11.8 Å². The summed E-state index contributed by atoms with van der Waals surface area (Å²) in [4.78, 5) is 0. The molecule has 0 heterocycles. The van der Waals surface area contributed by atoms with Crippen LogP contribution in [0.15, 0.2) is 11.8 Å². The Morgan fingerprint density at radius 1 is 1.22 bits per heavy atom. The first-order chi connectivity index (χ1) is 4.30. The van der Waals surface area contributed by atoms with Crippen LogP contribution >= 0.6 is 0 Å². The van der Waals surface area contributed by atoms with Gasteiger partial charge in [0, 0.05) is 10.2 Å². The Bertz CT molecular complexity index is 101. The van der Waals surface area contributed by atoms with Gasteiger partial charge in [0.25, 0.3) is 0 Å². The van der Waals surface area contributed by atoms with Crippen LogP contribution in [-0.4, -0.2) is 10.2 Å². The largest absolute Gasteiger partial charge is 0.104 e. The van der Waals surface area contributed by atoms with Crippen molar-refractivity contribution in [2.45, 2.75) is 32.1 Å². The van der Waals surface area contributed by atoms with E-state index in [9.17, 15) is 0 Å². The van der Waals surface area contributed by atoms with Gasteiger partial charge in [-0.2, -0.15) is 0 Å². The van der Waals surface area contributed by atoms with E-state index >= 15 is 0 Å². The molecule has 0 aromatic rings. The predicted molar refractivity (Wildman–Crippen MR) is 45.7 cm³/mol. The van der Waals surface area contributed by atoms with Crippen molar-refractivity contribution in [1.82, 2.24) is 0 Å². The zero-order valence-corrected chi connectivity index (χ0v) is 8.32. The van der Waals surface area contributed by atoms with Crippen molar-refractivity contribution in [3.63, 3.8) is 0 Å². The molecule has 0 aromatic carbocycles. The smallest absolute Gasteiger partial charge is 0.0328 e. The lowest BCUT2D eigenvalue weighted by Crippen LogP contribution is -2.07. The summed E-state index contributed by atoms with van der Waals surface area (Å²) in [6, 6.07) is 0. The third kappa shape index (κ3) is 1.97. The minimum atomic E-state index is 0.922. The molecule has 0 spiro atoms. The summed E-state index contributed by atoms with van der Waals surface area (Å²) in [5, 5.41) is 1.54. The molecule has 1 saturated carbocycles. The number of hydrogen-bond donors (Lipinski definition) is 0. The summed E-state index contributed by atoms with van der Waals surface area (Å²) in [5.74, 6) is 0.922. The standard InChI is InChI=1S/C8H16Si/c1-7(9)8-5-3-2-4-6-8/h8H,1-6H2,9H3. The topological polar surface area (TPSA) is 0 Å². The van der Waals surface area contributed by atoms with Gasteiger partial charge in [-0.25, -0.2) is 0 Å². The molecule has 0 aliphatic heterocycles. The van der Waals surface area contributed by atoms with Crippen LogP contribution in [0.4, 0.5) is 0 Å². The van der Waals surface area contributed by atoms with Gasteiger partial charge in [-0.1, -0.05) is 24.5 Å². The van der Waals surface area contributed by atoms with Gasteiger partial charge in [-0.15, -0.1) is 6.58 Å². The van der Waals surface area contributed by atoms with Crippen LogP contribution in [0.2, 0.25) is 0 Å². The molecule has 0 bridgehead atoms. The van der Waals surface area contributed by atoms with E-state index in [0.29, 0.717) is 0 Å². The van der Waals surface area contributed by atoms with Crippen LogP contribution in [-0.2, 0) is 0 Å². The predicted octanol–water partition coefficient (Wildman–Crippen LogP) is 1.45. The Balaban J connectivity index is 2.31. The Labute approximate surface area is 60.8 Å². The third-order valence-electron chi connectivity index (χ3n) is 2.30. The zero-order valence-electron chi connectivity index (χ0n) is 6.32. The summed E-state index contributed by atoms with van der Waals surface area (Å²) < 4.78 is 0. The van der Waals surface area contributed by atoms with Crippen molar-refractivity contribution in [2.75, 3.05) is 0 Å². The molecule has 0 radical (unpaired) electrons. The molecule has 1 aliphatic carbocycles. The molecule has 0 unspecified atom stereocenters. The van der Waals surface area contributed by atoms with Gasteiger partial charge in [0.2, 0.25) is 0 Å². The quantitative estimate of drug-likeness (QED) is 0.484. The average molecular weight is 140 g/mol. The van der Waals surface area contributed by atoms with Crippen LogP contribution < -0.4 is 0 Å². The van der Waals surface area contributed by atoms with E-state index in [-0.39, 0.29) is 0 Å². The molecule has 1 aliphatic rings. The van der Waals surface area contributed by atoms with Gasteiger partial charge >= 0.3 is 0 Å². The molecule has 1 rings (SSSR count). The summed E-state index contributed by atoms with van der Waals surface area (Å²) in [6.45, 7) is 4.04. The molecular formula is C8H16Si. The number of hydrogen-bond acceptors (Lipinski definition) is 0.